The van der Waals surface area contributed by atoms with Crippen LogP contribution in [-0.4, -0.2) is 10.5 Å². The molecule has 1 heterocycles. The molecule has 1 aromatic heterocycles. The van der Waals surface area contributed by atoms with Crippen molar-refractivity contribution in [2.45, 2.75) is 26.3 Å². The van der Waals surface area contributed by atoms with Crippen LogP contribution in [0.5, 0.6) is 0 Å². The molecule has 1 N–H and O–H groups in total. The molecule has 0 fully saturated rings. The number of hydrogen-bond donors (Lipinski definition) is 1. The van der Waals surface area contributed by atoms with Gasteiger partial charge in [-0.15, -0.1) is 0 Å². The van der Waals surface area contributed by atoms with E-state index in [2.05, 4.69) is 5.32 Å². The third kappa shape index (κ3) is 3.48. The van der Waals surface area contributed by atoms with E-state index in [1.165, 1.54) is 0 Å². The van der Waals surface area contributed by atoms with Crippen LogP contribution >= 0.6 is 23.2 Å². The second-order valence-electron chi connectivity index (χ2n) is 6.09. The summed E-state index contributed by atoms with van der Waals surface area (Å²) >= 11 is 12.0. The molecule has 0 radical (unpaired) electrons. The van der Waals surface area contributed by atoms with Gasteiger partial charge in [-0.2, -0.15) is 0 Å². The lowest BCUT2D eigenvalue weighted by Crippen LogP contribution is -2.33. The first-order valence-electron chi connectivity index (χ1n) is 8.29. The largest absolute Gasteiger partial charge is 0.323 e. The Balaban J connectivity index is 2.05. The molecule has 3 aromatic rings. The highest BCUT2D eigenvalue weighted by Crippen LogP contribution is 2.27. The highest BCUT2D eigenvalue weighted by molar-refractivity contribution is 6.36. The molecule has 134 valence electrons. The molecule has 0 spiro atoms. The van der Waals surface area contributed by atoms with Crippen LogP contribution in [0.15, 0.2) is 53.3 Å². The zero-order chi connectivity index (χ0) is 18.8. The summed E-state index contributed by atoms with van der Waals surface area (Å²) in [5.41, 5.74) is 1.88. The number of carbonyl (C=O) groups is 1. The van der Waals surface area contributed by atoms with Crippen molar-refractivity contribution in [1.29, 1.82) is 0 Å². The van der Waals surface area contributed by atoms with Gasteiger partial charge < -0.3 is 5.32 Å². The summed E-state index contributed by atoms with van der Waals surface area (Å²) < 4.78 is 1.54. The number of aryl methyl sites for hydroxylation is 1. The zero-order valence-corrected chi connectivity index (χ0v) is 15.9. The molecule has 0 aliphatic rings. The molecule has 3 rings (SSSR count). The summed E-state index contributed by atoms with van der Waals surface area (Å²) in [6.45, 7) is 3.76. The topological polar surface area (TPSA) is 51.1 Å². The quantitative estimate of drug-likeness (QED) is 0.666. The maximum atomic E-state index is 12.9. The average molecular weight is 389 g/mol. The molecule has 0 bridgehead atoms. The SMILES string of the molecule is CCC(C(=O)Nc1ccc(Cl)cc1Cl)n1c(=O)cc(C)c2ccccc21. The summed E-state index contributed by atoms with van der Waals surface area (Å²) in [7, 11) is 0. The Hall–Kier alpha value is -2.30. The summed E-state index contributed by atoms with van der Waals surface area (Å²) in [6, 6.07) is 13.3. The van der Waals surface area contributed by atoms with E-state index in [1.54, 1.807) is 28.8 Å². The van der Waals surface area contributed by atoms with Gasteiger partial charge in [0.2, 0.25) is 5.91 Å². The number of hydrogen-bond acceptors (Lipinski definition) is 2. The van der Waals surface area contributed by atoms with Crippen molar-refractivity contribution in [3.63, 3.8) is 0 Å². The van der Waals surface area contributed by atoms with Crippen LogP contribution in [0, 0.1) is 6.92 Å². The van der Waals surface area contributed by atoms with Crippen LogP contribution in [0.1, 0.15) is 24.9 Å². The number of nitrogens with zero attached hydrogens (tertiary/aromatic N) is 1. The van der Waals surface area contributed by atoms with Crippen LogP contribution in [0.25, 0.3) is 10.9 Å². The van der Waals surface area contributed by atoms with E-state index in [0.29, 0.717) is 22.2 Å². The van der Waals surface area contributed by atoms with Crippen molar-refractivity contribution in [3.05, 3.63) is 74.5 Å². The number of rotatable bonds is 4. The Morgan fingerprint density at radius 3 is 2.58 bits per heavy atom. The van der Waals surface area contributed by atoms with Gasteiger partial charge in [-0.25, -0.2) is 0 Å². The van der Waals surface area contributed by atoms with Crippen LogP contribution in [0.3, 0.4) is 0 Å². The van der Waals surface area contributed by atoms with Crippen molar-refractivity contribution in [1.82, 2.24) is 4.57 Å². The number of halogens is 2. The van der Waals surface area contributed by atoms with E-state index >= 15 is 0 Å². The van der Waals surface area contributed by atoms with Crippen molar-refractivity contribution in [2.75, 3.05) is 5.32 Å². The molecule has 26 heavy (non-hydrogen) atoms. The van der Waals surface area contributed by atoms with E-state index in [-0.39, 0.29) is 11.5 Å². The predicted octanol–water partition coefficient (Wildman–Crippen LogP) is 5.21. The number of amides is 1. The zero-order valence-electron chi connectivity index (χ0n) is 14.4. The van der Waals surface area contributed by atoms with Crippen molar-refractivity contribution in [3.8, 4) is 0 Å². The third-order valence-corrected chi connectivity index (χ3v) is 4.90. The maximum Gasteiger partial charge on any atom is 0.252 e. The lowest BCUT2D eigenvalue weighted by Gasteiger charge is -2.21. The molecule has 1 amide bonds. The van der Waals surface area contributed by atoms with Crippen LogP contribution in [0.2, 0.25) is 10.0 Å². The lowest BCUT2D eigenvalue weighted by atomic mass is 10.1. The van der Waals surface area contributed by atoms with E-state index < -0.39 is 6.04 Å². The first-order valence-corrected chi connectivity index (χ1v) is 9.04. The van der Waals surface area contributed by atoms with Crippen molar-refractivity contribution < 1.29 is 4.79 Å². The molecule has 4 nitrogen and oxygen atoms in total. The minimum absolute atomic E-state index is 0.203. The minimum atomic E-state index is -0.653. The molecular formula is C20H18Cl2N2O2. The Morgan fingerprint density at radius 1 is 1.15 bits per heavy atom. The van der Waals surface area contributed by atoms with Crippen LogP contribution in [-0.2, 0) is 4.79 Å². The number of pyridine rings is 1. The maximum absolute atomic E-state index is 12.9. The number of benzene rings is 2. The van der Waals surface area contributed by atoms with Gasteiger partial charge in [0.15, 0.2) is 0 Å². The average Bonchev–Trinajstić information content (AvgIpc) is 2.61. The van der Waals surface area contributed by atoms with Crippen molar-refractivity contribution >= 4 is 45.7 Å². The van der Waals surface area contributed by atoms with Gasteiger partial charge in [0, 0.05) is 16.5 Å². The lowest BCUT2D eigenvalue weighted by molar-refractivity contribution is -0.119. The standard InChI is InChI=1S/C20H18Cl2N2O2/c1-3-17(20(26)23-16-9-8-13(21)11-15(16)22)24-18-7-5-4-6-14(18)12(2)10-19(24)25/h4-11,17H,3H2,1-2H3,(H,23,26). The fourth-order valence-electron chi connectivity index (χ4n) is 3.08. The number of para-hydroxylation sites is 1. The Labute approximate surface area is 161 Å². The molecule has 1 atom stereocenters. The first kappa shape index (κ1) is 18.5. The number of nitrogens with one attached hydrogen (secondary N) is 1. The second kappa shape index (κ2) is 7.52. The summed E-state index contributed by atoms with van der Waals surface area (Å²) in [5, 5.41) is 4.59. The molecular weight excluding hydrogens is 371 g/mol. The van der Waals surface area contributed by atoms with Gasteiger partial charge in [0.1, 0.15) is 6.04 Å². The molecule has 2 aromatic carbocycles. The van der Waals surface area contributed by atoms with Crippen molar-refractivity contribution in [2.24, 2.45) is 0 Å². The van der Waals surface area contributed by atoms with Crippen LogP contribution in [0.4, 0.5) is 5.69 Å². The smallest absolute Gasteiger partial charge is 0.252 e. The van der Waals surface area contributed by atoms with E-state index in [0.717, 1.165) is 16.5 Å². The van der Waals surface area contributed by atoms with Crippen LogP contribution < -0.4 is 10.9 Å². The summed E-state index contributed by atoms with van der Waals surface area (Å²) in [5.74, 6) is -0.298. The minimum Gasteiger partial charge on any atom is -0.323 e. The molecule has 0 saturated carbocycles. The van der Waals surface area contributed by atoms with E-state index in [4.69, 9.17) is 23.2 Å². The normalized spacial score (nSPS) is 12.2. The molecule has 0 aliphatic heterocycles. The fourth-order valence-corrected chi connectivity index (χ4v) is 3.54. The molecule has 1 unspecified atom stereocenters. The highest BCUT2D eigenvalue weighted by Gasteiger charge is 2.22. The second-order valence-corrected chi connectivity index (χ2v) is 6.93. The van der Waals surface area contributed by atoms with Gasteiger partial charge in [-0.3, -0.25) is 14.2 Å². The van der Waals surface area contributed by atoms with E-state index in [1.807, 2.05) is 38.1 Å². The molecule has 6 heteroatoms. The Kier molecular flexibility index (Phi) is 5.35. The molecule has 0 aliphatic carbocycles. The number of fused-ring (bicyclic) bond motifs is 1. The van der Waals surface area contributed by atoms with Gasteiger partial charge in [0.05, 0.1) is 16.2 Å². The molecule has 0 saturated heterocycles. The predicted molar refractivity (Wildman–Crippen MR) is 107 cm³/mol. The van der Waals surface area contributed by atoms with Gasteiger partial charge >= 0.3 is 0 Å². The highest BCUT2D eigenvalue weighted by atomic mass is 35.5. The number of carbonyl (C=O) groups excluding carboxylic acids is 1. The van der Waals surface area contributed by atoms with E-state index in [9.17, 15) is 9.59 Å². The Bertz CT molecular complexity index is 1040. The van der Waals surface area contributed by atoms with Gasteiger partial charge in [0.25, 0.3) is 5.56 Å². The monoisotopic (exact) mass is 388 g/mol. The number of anilines is 1. The Morgan fingerprint density at radius 2 is 1.88 bits per heavy atom. The fraction of sp³-hybridized carbons (Fsp3) is 0.200. The first-order chi connectivity index (χ1) is 12.4. The summed E-state index contributed by atoms with van der Waals surface area (Å²) in [6.07, 6.45) is 0.462. The summed E-state index contributed by atoms with van der Waals surface area (Å²) in [4.78, 5) is 25.6. The van der Waals surface area contributed by atoms with Gasteiger partial charge in [-0.05, 0) is 43.2 Å². The third-order valence-electron chi connectivity index (χ3n) is 4.36. The number of aromatic nitrogens is 1. The van der Waals surface area contributed by atoms with Gasteiger partial charge in [-0.1, -0.05) is 48.3 Å².